The number of anilines is 1. The Kier molecular flexibility index (Phi) is 7.80. The molecule has 1 aromatic rings. The number of aromatic nitrogens is 2. The molecule has 0 aromatic carbocycles. The summed E-state index contributed by atoms with van der Waals surface area (Å²) in [4.78, 5) is 23.7. The van der Waals surface area contributed by atoms with E-state index < -0.39 is 10.0 Å². The molecule has 0 aliphatic carbocycles. The van der Waals surface area contributed by atoms with Crippen LogP contribution in [0.25, 0.3) is 0 Å². The van der Waals surface area contributed by atoms with Gasteiger partial charge in [-0.2, -0.15) is 0 Å². The van der Waals surface area contributed by atoms with Gasteiger partial charge in [-0.25, -0.2) is 12.7 Å². The molecular weight excluding hydrogens is 400 g/mol. The lowest BCUT2D eigenvalue weighted by Gasteiger charge is -2.29. The van der Waals surface area contributed by atoms with Crippen LogP contribution in [0.1, 0.15) is 26.7 Å². The molecule has 0 radical (unpaired) electrons. The second kappa shape index (κ2) is 9.62. The van der Waals surface area contributed by atoms with E-state index in [1.165, 1.54) is 27.4 Å². The van der Waals surface area contributed by atoms with E-state index in [0.717, 1.165) is 0 Å². The molecular formula is C14H22N4O5S3. The molecule has 0 spiro atoms. The molecule has 1 aliphatic rings. The number of hydrogen-bond donors (Lipinski definition) is 1. The summed E-state index contributed by atoms with van der Waals surface area (Å²) in [6.45, 7) is 4.38. The van der Waals surface area contributed by atoms with Crippen LogP contribution < -0.4 is 5.32 Å². The summed E-state index contributed by atoms with van der Waals surface area (Å²) < 4.78 is 30.5. The highest BCUT2D eigenvalue weighted by molar-refractivity contribution is 8.01. The van der Waals surface area contributed by atoms with Gasteiger partial charge < -0.3 is 10.1 Å². The second-order valence-corrected chi connectivity index (χ2v) is 9.99. The van der Waals surface area contributed by atoms with Crippen LogP contribution in [0, 0.1) is 5.92 Å². The molecule has 0 saturated carbocycles. The van der Waals surface area contributed by atoms with Gasteiger partial charge in [0, 0.05) is 19.0 Å². The predicted molar refractivity (Wildman–Crippen MR) is 99.7 cm³/mol. The number of sulfonamides is 1. The van der Waals surface area contributed by atoms with E-state index >= 15 is 0 Å². The van der Waals surface area contributed by atoms with Gasteiger partial charge in [-0.3, -0.25) is 9.59 Å². The summed E-state index contributed by atoms with van der Waals surface area (Å²) in [5, 5.41) is 10.9. The summed E-state index contributed by atoms with van der Waals surface area (Å²) >= 11 is 2.39. The second-order valence-electron chi connectivity index (χ2n) is 5.53. The first-order valence-corrected chi connectivity index (χ1v) is 11.7. The number of thioether (sulfide) groups is 1. The van der Waals surface area contributed by atoms with Gasteiger partial charge >= 0.3 is 5.97 Å². The predicted octanol–water partition coefficient (Wildman–Crippen LogP) is 1.19. The number of amides is 1. The highest BCUT2D eigenvalue weighted by Crippen LogP contribution is 2.27. The SMILES string of the molecule is CCOC(=O)CSc1nnc(NC(=O)C2CCN(S(=O)(=O)CC)CC2)s1. The van der Waals surface area contributed by atoms with Gasteiger partial charge in [-0.15, -0.1) is 10.2 Å². The van der Waals surface area contributed by atoms with Crippen LogP contribution in [-0.4, -0.2) is 66.0 Å². The topological polar surface area (TPSA) is 119 Å². The fourth-order valence-corrected chi connectivity index (χ4v) is 5.11. The van der Waals surface area contributed by atoms with Gasteiger partial charge in [0.15, 0.2) is 4.34 Å². The van der Waals surface area contributed by atoms with E-state index in [0.29, 0.717) is 42.0 Å². The molecule has 0 atom stereocenters. The van der Waals surface area contributed by atoms with Crippen molar-refractivity contribution < 1.29 is 22.7 Å². The largest absolute Gasteiger partial charge is 0.465 e. The molecule has 2 rings (SSSR count). The summed E-state index contributed by atoms with van der Waals surface area (Å²) in [7, 11) is -3.20. The normalized spacial score (nSPS) is 16.4. The Morgan fingerprint density at radius 2 is 2.00 bits per heavy atom. The quantitative estimate of drug-likeness (QED) is 0.377. The zero-order valence-electron chi connectivity index (χ0n) is 14.6. The Labute approximate surface area is 160 Å². The van der Waals surface area contributed by atoms with Gasteiger partial charge in [-0.1, -0.05) is 23.1 Å². The number of ether oxygens (including phenoxy) is 1. The van der Waals surface area contributed by atoms with E-state index in [4.69, 9.17) is 4.74 Å². The third-order valence-electron chi connectivity index (χ3n) is 3.84. The summed E-state index contributed by atoms with van der Waals surface area (Å²) in [5.41, 5.74) is 0. The third kappa shape index (κ3) is 5.89. The maximum atomic E-state index is 12.3. The number of hydrogen-bond acceptors (Lipinski definition) is 9. The van der Waals surface area contributed by atoms with Crippen LogP contribution in [-0.2, 0) is 24.3 Å². The Balaban J connectivity index is 1.81. The van der Waals surface area contributed by atoms with Crippen LogP contribution in [0.3, 0.4) is 0 Å². The van der Waals surface area contributed by atoms with Gasteiger partial charge in [0.05, 0.1) is 18.1 Å². The lowest BCUT2D eigenvalue weighted by Crippen LogP contribution is -2.42. The van der Waals surface area contributed by atoms with Crippen LogP contribution in [0.2, 0.25) is 0 Å². The van der Waals surface area contributed by atoms with E-state index in [1.807, 2.05) is 0 Å². The number of carbonyl (C=O) groups is 2. The van der Waals surface area contributed by atoms with Crippen molar-refractivity contribution in [2.45, 2.75) is 31.0 Å². The molecule has 1 saturated heterocycles. The number of nitrogens with one attached hydrogen (secondary N) is 1. The number of piperidine rings is 1. The lowest BCUT2D eigenvalue weighted by molar-refractivity contribution is -0.139. The molecule has 2 heterocycles. The third-order valence-corrected chi connectivity index (χ3v) is 7.67. The Morgan fingerprint density at radius 3 is 2.62 bits per heavy atom. The minimum atomic E-state index is -3.20. The molecule has 12 heteroatoms. The van der Waals surface area contributed by atoms with Gasteiger partial charge in [0.25, 0.3) is 0 Å². The minimum absolute atomic E-state index is 0.0703. The Bertz CT molecular complexity index is 729. The molecule has 1 fully saturated rings. The number of carbonyl (C=O) groups excluding carboxylic acids is 2. The van der Waals surface area contributed by atoms with Crippen molar-refractivity contribution in [3.8, 4) is 0 Å². The maximum Gasteiger partial charge on any atom is 0.316 e. The maximum absolute atomic E-state index is 12.3. The van der Waals surface area contributed by atoms with Crippen molar-refractivity contribution >= 4 is 50.1 Å². The van der Waals surface area contributed by atoms with Crippen LogP contribution in [0.5, 0.6) is 0 Å². The van der Waals surface area contributed by atoms with Crippen molar-refractivity contribution in [2.24, 2.45) is 5.92 Å². The highest BCUT2D eigenvalue weighted by atomic mass is 32.2. The van der Waals surface area contributed by atoms with Crippen molar-refractivity contribution in [3.05, 3.63) is 0 Å². The molecule has 26 heavy (non-hydrogen) atoms. The van der Waals surface area contributed by atoms with E-state index in [9.17, 15) is 18.0 Å². The molecule has 9 nitrogen and oxygen atoms in total. The standard InChI is InChI=1S/C14H22N4O5S3/c1-3-23-11(19)9-24-14-17-16-13(25-14)15-12(20)10-5-7-18(8-6-10)26(21,22)4-2/h10H,3-9H2,1-2H3,(H,15,16,20). The van der Waals surface area contributed by atoms with Crippen molar-refractivity contribution in [3.63, 3.8) is 0 Å². The molecule has 0 unspecified atom stereocenters. The highest BCUT2D eigenvalue weighted by Gasteiger charge is 2.30. The fourth-order valence-electron chi connectivity index (χ4n) is 2.43. The molecule has 1 aliphatic heterocycles. The first-order chi connectivity index (χ1) is 12.4. The Morgan fingerprint density at radius 1 is 1.31 bits per heavy atom. The summed E-state index contributed by atoms with van der Waals surface area (Å²) in [6, 6.07) is 0. The zero-order chi connectivity index (χ0) is 19.2. The van der Waals surface area contributed by atoms with E-state index in [2.05, 4.69) is 15.5 Å². The van der Waals surface area contributed by atoms with Gasteiger partial charge in [-0.05, 0) is 26.7 Å². The van der Waals surface area contributed by atoms with Crippen LogP contribution in [0.4, 0.5) is 5.13 Å². The molecule has 1 amide bonds. The van der Waals surface area contributed by atoms with Crippen LogP contribution >= 0.6 is 23.1 Å². The summed E-state index contributed by atoms with van der Waals surface area (Å²) in [6.07, 6.45) is 0.961. The first kappa shape index (κ1) is 21.1. The summed E-state index contributed by atoms with van der Waals surface area (Å²) in [5.74, 6) is -0.552. The molecule has 146 valence electrons. The van der Waals surface area contributed by atoms with E-state index in [-0.39, 0.29) is 29.3 Å². The van der Waals surface area contributed by atoms with Crippen molar-refractivity contribution in [1.82, 2.24) is 14.5 Å². The number of nitrogens with zero attached hydrogens (tertiary/aromatic N) is 3. The number of rotatable bonds is 8. The average Bonchev–Trinajstić information content (AvgIpc) is 3.07. The fraction of sp³-hybridized carbons (Fsp3) is 0.714. The first-order valence-electron chi connectivity index (χ1n) is 8.26. The Hall–Kier alpha value is -1.24. The number of esters is 1. The van der Waals surface area contributed by atoms with Crippen molar-refractivity contribution in [2.75, 3.05) is 36.5 Å². The van der Waals surface area contributed by atoms with Crippen molar-refractivity contribution in [1.29, 1.82) is 0 Å². The molecule has 0 bridgehead atoms. The van der Waals surface area contributed by atoms with Crippen LogP contribution in [0.15, 0.2) is 4.34 Å². The molecule has 1 aromatic heterocycles. The van der Waals surface area contributed by atoms with E-state index in [1.54, 1.807) is 13.8 Å². The van der Waals surface area contributed by atoms with Gasteiger partial charge in [0.2, 0.25) is 21.1 Å². The molecule has 1 N–H and O–H groups in total. The minimum Gasteiger partial charge on any atom is -0.465 e. The van der Waals surface area contributed by atoms with Gasteiger partial charge in [0.1, 0.15) is 0 Å². The average molecular weight is 423 g/mol. The lowest BCUT2D eigenvalue weighted by atomic mass is 9.97. The zero-order valence-corrected chi connectivity index (χ0v) is 17.1. The smallest absolute Gasteiger partial charge is 0.316 e. The monoisotopic (exact) mass is 422 g/mol.